The first-order valence-electron chi connectivity index (χ1n) is 5.63. The van der Waals surface area contributed by atoms with Crippen LogP contribution in [0.4, 0.5) is 0 Å². The summed E-state index contributed by atoms with van der Waals surface area (Å²) >= 11 is 0. The molecule has 1 N–H and O–H groups in total. The van der Waals surface area contributed by atoms with E-state index in [9.17, 15) is 4.79 Å². The van der Waals surface area contributed by atoms with Gasteiger partial charge in [-0.05, 0) is 24.6 Å². The van der Waals surface area contributed by atoms with Gasteiger partial charge in [0.15, 0.2) is 0 Å². The molecule has 0 aromatic heterocycles. The van der Waals surface area contributed by atoms with E-state index in [1.165, 1.54) is 0 Å². The maximum atomic E-state index is 10.8. The molecule has 2 rings (SSSR count). The number of aromatic carboxylic acids is 1. The molecule has 0 aliphatic carbocycles. The monoisotopic (exact) mass is 236 g/mol. The van der Waals surface area contributed by atoms with E-state index in [4.69, 9.17) is 14.6 Å². The van der Waals surface area contributed by atoms with Crippen LogP contribution in [0.1, 0.15) is 23.7 Å². The summed E-state index contributed by atoms with van der Waals surface area (Å²) in [5.41, 5.74) is 0.477. The van der Waals surface area contributed by atoms with E-state index >= 15 is 0 Å². The van der Waals surface area contributed by atoms with Crippen molar-refractivity contribution in [2.24, 2.45) is 5.41 Å². The van der Waals surface area contributed by atoms with E-state index < -0.39 is 5.97 Å². The molecule has 0 unspecified atom stereocenters. The van der Waals surface area contributed by atoms with Crippen LogP contribution in [-0.2, 0) is 4.74 Å². The second-order valence-corrected chi connectivity index (χ2v) is 4.73. The van der Waals surface area contributed by atoms with Crippen LogP contribution >= 0.6 is 0 Å². The van der Waals surface area contributed by atoms with Crippen molar-refractivity contribution in [1.82, 2.24) is 0 Å². The van der Waals surface area contributed by atoms with Crippen molar-refractivity contribution < 1.29 is 19.4 Å². The van der Waals surface area contributed by atoms with Crippen molar-refractivity contribution in [3.8, 4) is 5.75 Å². The number of carboxylic acids is 1. The molecule has 0 atom stereocenters. The second-order valence-electron chi connectivity index (χ2n) is 4.73. The number of rotatable bonds is 5. The normalized spacial score (nSPS) is 17.2. The SMILES string of the molecule is CC1(CCOc2cccc(C(=O)O)c2)COC1. The lowest BCUT2D eigenvalue weighted by Crippen LogP contribution is -2.40. The average molecular weight is 236 g/mol. The molecular formula is C13H16O4. The summed E-state index contributed by atoms with van der Waals surface area (Å²) < 4.78 is 10.7. The maximum absolute atomic E-state index is 10.8. The van der Waals surface area contributed by atoms with Crippen molar-refractivity contribution in [3.63, 3.8) is 0 Å². The lowest BCUT2D eigenvalue weighted by Gasteiger charge is -2.37. The third-order valence-corrected chi connectivity index (χ3v) is 2.96. The minimum absolute atomic E-state index is 0.227. The minimum atomic E-state index is -0.935. The Morgan fingerprint density at radius 3 is 2.88 bits per heavy atom. The highest BCUT2D eigenvalue weighted by molar-refractivity contribution is 5.87. The summed E-state index contributed by atoms with van der Waals surface area (Å²) in [6, 6.07) is 6.55. The van der Waals surface area contributed by atoms with E-state index in [1.807, 2.05) is 0 Å². The predicted octanol–water partition coefficient (Wildman–Crippen LogP) is 2.19. The smallest absolute Gasteiger partial charge is 0.335 e. The number of carbonyl (C=O) groups is 1. The fraction of sp³-hybridized carbons (Fsp3) is 0.462. The van der Waals surface area contributed by atoms with Crippen molar-refractivity contribution in [3.05, 3.63) is 29.8 Å². The van der Waals surface area contributed by atoms with Gasteiger partial charge in [-0.1, -0.05) is 13.0 Å². The molecule has 0 amide bonds. The molecule has 4 nitrogen and oxygen atoms in total. The van der Waals surface area contributed by atoms with Gasteiger partial charge < -0.3 is 14.6 Å². The highest BCUT2D eigenvalue weighted by Gasteiger charge is 2.32. The van der Waals surface area contributed by atoms with Crippen LogP contribution < -0.4 is 4.74 Å². The van der Waals surface area contributed by atoms with E-state index in [2.05, 4.69) is 6.92 Å². The van der Waals surface area contributed by atoms with Gasteiger partial charge in [0.05, 0.1) is 25.4 Å². The number of hydrogen-bond donors (Lipinski definition) is 1. The molecular weight excluding hydrogens is 220 g/mol. The van der Waals surface area contributed by atoms with Crippen LogP contribution in [0.5, 0.6) is 5.75 Å². The molecule has 1 saturated heterocycles. The molecule has 1 heterocycles. The average Bonchev–Trinajstić information content (AvgIpc) is 2.27. The first kappa shape index (κ1) is 11.9. The Balaban J connectivity index is 1.86. The van der Waals surface area contributed by atoms with E-state index in [1.54, 1.807) is 24.3 Å². The molecule has 1 aromatic carbocycles. The largest absolute Gasteiger partial charge is 0.494 e. The van der Waals surface area contributed by atoms with Gasteiger partial charge >= 0.3 is 5.97 Å². The zero-order valence-corrected chi connectivity index (χ0v) is 9.81. The van der Waals surface area contributed by atoms with Crippen molar-refractivity contribution in [2.75, 3.05) is 19.8 Å². The Kier molecular flexibility index (Phi) is 3.33. The van der Waals surface area contributed by atoms with Gasteiger partial charge in [-0.25, -0.2) is 4.79 Å². The molecule has 0 bridgehead atoms. The molecule has 1 aromatic rings. The summed E-state index contributed by atoms with van der Waals surface area (Å²) in [5.74, 6) is -0.330. The van der Waals surface area contributed by atoms with Crippen LogP contribution in [0.25, 0.3) is 0 Å². The maximum Gasteiger partial charge on any atom is 0.335 e. The molecule has 1 aliphatic heterocycles. The predicted molar refractivity (Wildman–Crippen MR) is 62.4 cm³/mol. The van der Waals surface area contributed by atoms with Gasteiger partial charge in [-0.3, -0.25) is 0 Å². The molecule has 0 saturated carbocycles. The van der Waals surface area contributed by atoms with E-state index in [0.717, 1.165) is 19.6 Å². The van der Waals surface area contributed by atoms with E-state index in [0.29, 0.717) is 12.4 Å². The number of hydrogen-bond acceptors (Lipinski definition) is 3. The third-order valence-electron chi connectivity index (χ3n) is 2.96. The van der Waals surface area contributed by atoms with Gasteiger partial charge in [0.1, 0.15) is 5.75 Å². The van der Waals surface area contributed by atoms with Gasteiger partial charge in [0.2, 0.25) is 0 Å². The molecule has 4 heteroatoms. The molecule has 1 aliphatic rings. The summed E-state index contributed by atoms with van der Waals surface area (Å²) in [6.07, 6.45) is 0.921. The number of ether oxygens (including phenoxy) is 2. The zero-order chi connectivity index (χ0) is 12.3. The van der Waals surface area contributed by atoms with Gasteiger partial charge in [-0.15, -0.1) is 0 Å². The molecule has 17 heavy (non-hydrogen) atoms. The minimum Gasteiger partial charge on any atom is -0.494 e. The lowest BCUT2D eigenvalue weighted by atomic mass is 9.85. The summed E-state index contributed by atoms with van der Waals surface area (Å²) in [7, 11) is 0. The van der Waals surface area contributed by atoms with Crippen molar-refractivity contribution in [2.45, 2.75) is 13.3 Å². The van der Waals surface area contributed by atoms with Crippen LogP contribution in [0.3, 0.4) is 0 Å². The van der Waals surface area contributed by atoms with Gasteiger partial charge in [0.25, 0.3) is 0 Å². The highest BCUT2D eigenvalue weighted by Crippen LogP contribution is 2.30. The number of carboxylic acid groups (broad SMARTS) is 1. The Labute approximate surface area is 100 Å². The first-order chi connectivity index (χ1) is 8.09. The van der Waals surface area contributed by atoms with Crippen molar-refractivity contribution >= 4 is 5.97 Å². The molecule has 92 valence electrons. The number of benzene rings is 1. The Morgan fingerprint density at radius 1 is 1.53 bits per heavy atom. The summed E-state index contributed by atoms with van der Waals surface area (Å²) in [5, 5.41) is 8.84. The lowest BCUT2D eigenvalue weighted by molar-refractivity contribution is -0.109. The summed E-state index contributed by atoms with van der Waals surface area (Å²) in [4.78, 5) is 10.8. The fourth-order valence-corrected chi connectivity index (χ4v) is 1.73. The quantitative estimate of drug-likeness (QED) is 0.851. The van der Waals surface area contributed by atoms with Crippen molar-refractivity contribution in [1.29, 1.82) is 0 Å². The fourth-order valence-electron chi connectivity index (χ4n) is 1.73. The highest BCUT2D eigenvalue weighted by atomic mass is 16.5. The third kappa shape index (κ3) is 2.97. The van der Waals surface area contributed by atoms with Gasteiger partial charge in [-0.2, -0.15) is 0 Å². The first-order valence-corrected chi connectivity index (χ1v) is 5.63. The van der Waals surface area contributed by atoms with Gasteiger partial charge in [0, 0.05) is 5.41 Å². The Hall–Kier alpha value is -1.55. The molecule has 0 radical (unpaired) electrons. The second kappa shape index (κ2) is 4.75. The molecule has 0 spiro atoms. The zero-order valence-electron chi connectivity index (χ0n) is 9.81. The van der Waals surface area contributed by atoms with E-state index in [-0.39, 0.29) is 11.0 Å². The standard InChI is InChI=1S/C13H16O4/c1-13(8-16-9-13)5-6-17-11-4-2-3-10(7-11)12(14)15/h2-4,7H,5-6,8-9H2,1H3,(H,14,15). The van der Waals surface area contributed by atoms with Crippen LogP contribution in [0, 0.1) is 5.41 Å². The Morgan fingerprint density at radius 2 is 2.29 bits per heavy atom. The molecule has 1 fully saturated rings. The summed E-state index contributed by atoms with van der Waals surface area (Å²) in [6.45, 7) is 4.31. The van der Waals surface area contributed by atoms with Crippen LogP contribution in [0.15, 0.2) is 24.3 Å². The Bertz CT molecular complexity index is 410. The van der Waals surface area contributed by atoms with Crippen LogP contribution in [-0.4, -0.2) is 30.9 Å². The topological polar surface area (TPSA) is 55.8 Å². The van der Waals surface area contributed by atoms with Crippen LogP contribution in [0.2, 0.25) is 0 Å².